The van der Waals surface area contributed by atoms with Crippen LogP contribution in [0.5, 0.6) is 0 Å². The molecule has 0 aliphatic carbocycles. The van der Waals surface area contributed by atoms with Gasteiger partial charge in [-0.15, -0.1) is 0 Å². The molecule has 1 fully saturated rings. The number of amides is 1. The third-order valence-electron chi connectivity index (χ3n) is 4.41. The third kappa shape index (κ3) is 4.31. The minimum absolute atomic E-state index is 0.0708. The summed E-state index contributed by atoms with van der Waals surface area (Å²) < 4.78 is 5.75. The molecule has 0 bridgehead atoms. The molecule has 1 heterocycles. The van der Waals surface area contributed by atoms with E-state index in [0.717, 1.165) is 18.8 Å². The Kier molecular flexibility index (Phi) is 5.59. The van der Waals surface area contributed by atoms with E-state index in [-0.39, 0.29) is 24.2 Å². The zero-order chi connectivity index (χ0) is 16.3. The number of morpholine rings is 1. The van der Waals surface area contributed by atoms with Crippen LogP contribution in [-0.2, 0) is 9.53 Å². The smallest absolute Gasteiger partial charge is 0.282 e. The van der Waals surface area contributed by atoms with Crippen LogP contribution < -0.4 is 10.2 Å². The van der Waals surface area contributed by atoms with E-state index in [1.54, 1.807) is 0 Å². The minimum atomic E-state index is -0.0708. The molecule has 1 amide bonds. The molecule has 1 aliphatic heterocycles. The summed E-state index contributed by atoms with van der Waals surface area (Å²) >= 11 is 0. The van der Waals surface area contributed by atoms with Crippen molar-refractivity contribution < 1.29 is 14.4 Å². The molecule has 1 aromatic rings. The highest BCUT2D eigenvalue weighted by Gasteiger charge is 2.32. The number of hydrogen-bond donors (Lipinski definition) is 2. The summed E-state index contributed by atoms with van der Waals surface area (Å²) in [4.78, 5) is 13.8. The highest BCUT2D eigenvalue weighted by Crippen LogP contribution is 2.17. The zero-order valence-corrected chi connectivity index (χ0v) is 14.3. The van der Waals surface area contributed by atoms with E-state index in [1.165, 1.54) is 10.5 Å². The second-order valence-corrected chi connectivity index (χ2v) is 6.81. The van der Waals surface area contributed by atoms with Crippen LogP contribution in [0.4, 0.5) is 5.69 Å². The van der Waals surface area contributed by atoms with Gasteiger partial charge in [-0.05, 0) is 44.4 Å². The summed E-state index contributed by atoms with van der Waals surface area (Å²) in [6.07, 6.45) is 0.415. The summed E-state index contributed by atoms with van der Waals surface area (Å²) in [7, 11) is 0. The van der Waals surface area contributed by atoms with Gasteiger partial charge < -0.3 is 15.0 Å². The van der Waals surface area contributed by atoms with Crippen molar-refractivity contribution in [1.82, 2.24) is 0 Å². The van der Waals surface area contributed by atoms with Crippen molar-refractivity contribution in [3.8, 4) is 0 Å². The molecular formula is C18H29N2O2+. The van der Waals surface area contributed by atoms with Gasteiger partial charge in [-0.3, -0.25) is 4.79 Å². The molecule has 2 N–H and O–H groups in total. The van der Waals surface area contributed by atoms with Crippen molar-refractivity contribution >= 4 is 11.6 Å². The number of carbonyl (C=O) groups is 1. The van der Waals surface area contributed by atoms with Crippen LogP contribution in [-0.4, -0.2) is 37.2 Å². The first-order chi connectivity index (χ1) is 10.4. The minimum Gasteiger partial charge on any atom is -0.364 e. The SMILES string of the molecule is CC(C)c1ccc(NC(=O)[C@H](C)[NH+]2C[C@@H](C)O[C@H](C)C2)cc1. The van der Waals surface area contributed by atoms with E-state index in [4.69, 9.17) is 4.74 Å². The Morgan fingerprint density at radius 1 is 1.14 bits per heavy atom. The number of nitrogens with one attached hydrogen (secondary N) is 2. The van der Waals surface area contributed by atoms with Gasteiger partial charge >= 0.3 is 0 Å². The van der Waals surface area contributed by atoms with Crippen molar-refractivity contribution in [2.75, 3.05) is 18.4 Å². The average Bonchev–Trinajstić information content (AvgIpc) is 2.46. The van der Waals surface area contributed by atoms with Crippen LogP contribution in [0, 0.1) is 0 Å². The Morgan fingerprint density at radius 2 is 1.68 bits per heavy atom. The van der Waals surface area contributed by atoms with E-state index in [2.05, 4.69) is 45.1 Å². The van der Waals surface area contributed by atoms with E-state index in [1.807, 2.05) is 19.1 Å². The van der Waals surface area contributed by atoms with E-state index >= 15 is 0 Å². The first kappa shape index (κ1) is 17.0. The molecule has 4 nitrogen and oxygen atoms in total. The number of ether oxygens (including phenoxy) is 1. The average molecular weight is 305 g/mol. The summed E-state index contributed by atoms with van der Waals surface area (Å²) in [5, 5.41) is 3.03. The van der Waals surface area contributed by atoms with Crippen LogP contribution >= 0.6 is 0 Å². The maximum atomic E-state index is 12.5. The Hall–Kier alpha value is -1.39. The number of quaternary nitrogens is 1. The lowest BCUT2D eigenvalue weighted by atomic mass is 10.0. The van der Waals surface area contributed by atoms with Crippen molar-refractivity contribution in [2.24, 2.45) is 0 Å². The van der Waals surface area contributed by atoms with Gasteiger partial charge in [-0.1, -0.05) is 26.0 Å². The fourth-order valence-corrected chi connectivity index (χ4v) is 3.06. The molecule has 4 heteroatoms. The highest BCUT2D eigenvalue weighted by atomic mass is 16.5. The molecule has 1 aromatic carbocycles. The lowest BCUT2D eigenvalue weighted by molar-refractivity contribution is -0.928. The summed E-state index contributed by atoms with van der Waals surface area (Å²) in [6.45, 7) is 12.2. The number of anilines is 1. The van der Waals surface area contributed by atoms with Crippen molar-refractivity contribution in [1.29, 1.82) is 0 Å². The number of rotatable bonds is 4. The Balaban J connectivity index is 1.96. The van der Waals surface area contributed by atoms with E-state index in [0.29, 0.717) is 5.92 Å². The van der Waals surface area contributed by atoms with E-state index < -0.39 is 0 Å². The predicted octanol–water partition coefficient (Wildman–Crippen LogP) is 1.83. The molecule has 3 atom stereocenters. The standard InChI is InChI=1S/C18H28N2O2/c1-12(2)16-6-8-17(9-7-16)19-18(21)15(5)20-10-13(3)22-14(4)11-20/h6-9,12-15H,10-11H2,1-5H3,(H,19,21)/p+1/t13-,14-,15+/m1/s1. The summed E-state index contributed by atoms with van der Waals surface area (Å²) in [6, 6.07) is 8.06. The Labute approximate surface area is 133 Å². The molecule has 22 heavy (non-hydrogen) atoms. The fourth-order valence-electron chi connectivity index (χ4n) is 3.06. The van der Waals surface area contributed by atoms with Gasteiger partial charge in [0.2, 0.25) is 0 Å². The third-order valence-corrected chi connectivity index (χ3v) is 4.41. The first-order valence-electron chi connectivity index (χ1n) is 8.27. The normalized spacial score (nSPS) is 26.7. The van der Waals surface area contributed by atoms with Crippen LogP contribution in [0.15, 0.2) is 24.3 Å². The second kappa shape index (κ2) is 7.25. The van der Waals surface area contributed by atoms with Gasteiger partial charge in [0.05, 0.1) is 0 Å². The summed E-state index contributed by atoms with van der Waals surface area (Å²) in [5.41, 5.74) is 2.16. The molecule has 2 rings (SSSR count). The van der Waals surface area contributed by atoms with Gasteiger partial charge in [0.1, 0.15) is 25.3 Å². The largest absolute Gasteiger partial charge is 0.364 e. The van der Waals surface area contributed by atoms with Crippen molar-refractivity contribution in [3.05, 3.63) is 29.8 Å². The number of carbonyl (C=O) groups excluding carboxylic acids is 1. The predicted molar refractivity (Wildman–Crippen MR) is 89.3 cm³/mol. The number of benzene rings is 1. The van der Waals surface area contributed by atoms with Gasteiger partial charge in [-0.25, -0.2) is 0 Å². The molecule has 0 saturated carbocycles. The quantitative estimate of drug-likeness (QED) is 0.891. The molecule has 0 spiro atoms. The van der Waals surface area contributed by atoms with Gasteiger partial charge in [0, 0.05) is 5.69 Å². The lowest BCUT2D eigenvalue weighted by Gasteiger charge is -2.35. The number of hydrogen-bond acceptors (Lipinski definition) is 2. The molecule has 0 unspecified atom stereocenters. The monoisotopic (exact) mass is 305 g/mol. The molecule has 1 aliphatic rings. The molecule has 0 aromatic heterocycles. The summed E-state index contributed by atoms with van der Waals surface area (Å²) in [5.74, 6) is 0.582. The first-order valence-corrected chi connectivity index (χ1v) is 8.27. The molecule has 1 saturated heterocycles. The molecular weight excluding hydrogens is 276 g/mol. The van der Waals surface area contributed by atoms with Crippen LogP contribution in [0.2, 0.25) is 0 Å². The van der Waals surface area contributed by atoms with Gasteiger partial charge in [0.15, 0.2) is 6.04 Å². The lowest BCUT2D eigenvalue weighted by Crippen LogP contribution is -3.19. The molecule has 0 radical (unpaired) electrons. The zero-order valence-electron chi connectivity index (χ0n) is 14.3. The molecule has 122 valence electrons. The van der Waals surface area contributed by atoms with Gasteiger partial charge in [0.25, 0.3) is 5.91 Å². The van der Waals surface area contributed by atoms with Crippen LogP contribution in [0.25, 0.3) is 0 Å². The highest BCUT2D eigenvalue weighted by molar-refractivity contribution is 5.93. The Morgan fingerprint density at radius 3 is 2.18 bits per heavy atom. The topological polar surface area (TPSA) is 42.8 Å². The van der Waals surface area contributed by atoms with E-state index in [9.17, 15) is 4.79 Å². The second-order valence-electron chi connectivity index (χ2n) is 6.81. The fraction of sp³-hybridized carbons (Fsp3) is 0.611. The maximum Gasteiger partial charge on any atom is 0.282 e. The van der Waals surface area contributed by atoms with Crippen molar-refractivity contribution in [3.63, 3.8) is 0 Å². The maximum absolute atomic E-state index is 12.5. The van der Waals surface area contributed by atoms with Crippen molar-refractivity contribution in [2.45, 2.75) is 58.8 Å². The Bertz CT molecular complexity index is 488. The van der Waals surface area contributed by atoms with Gasteiger partial charge in [-0.2, -0.15) is 0 Å². The van der Waals surface area contributed by atoms with Crippen LogP contribution in [0.3, 0.4) is 0 Å². The van der Waals surface area contributed by atoms with Crippen LogP contribution in [0.1, 0.15) is 46.1 Å².